The molecule has 2 heterocycles. The van der Waals surface area contributed by atoms with Crippen molar-refractivity contribution < 1.29 is 28.2 Å². The quantitative estimate of drug-likeness (QED) is 0.188. The molecule has 1 fully saturated rings. The van der Waals surface area contributed by atoms with Crippen LogP contribution in [-0.2, 0) is 14.3 Å². The summed E-state index contributed by atoms with van der Waals surface area (Å²) in [5.74, 6) is -0.593. The summed E-state index contributed by atoms with van der Waals surface area (Å²) in [5, 5.41) is 13.1. The number of aromatic nitrogens is 1. The van der Waals surface area contributed by atoms with Crippen molar-refractivity contribution in [3.8, 4) is 0 Å². The molecule has 1 saturated heterocycles. The third-order valence-electron chi connectivity index (χ3n) is 5.33. The van der Waals surface area contributed by atoms with E-state index in [-0.39, 0.29) is 24.9 Å². The third-order valence-corrected chi connectivity index (χ3v) is 6.63. The van der Waals surface area contributed by atoms with Crippen LogP contribution in [0.2, 0.25) is 0 Å². The average molecular weight is 629 g/mol. The summed E-state index contributed by atoms with van der Waals surface area (Å²) in [4.78, 5) is 29.4. The van der Waals surface area contributed by atoms with Crippen molar-refractivity contribution in [2.75, 3.05) is 26.8 Å². The predicted molar refractivity (Wildman–Crippen MR) is 155 cm³/mol. The highest BCUT2D eigenvalue weighted by Gasteiger charge is 2.38. The van der Waals surface area contributed by atoms with Crippen molar-refractivity contribution in [1.29, 1.82) is 0 Å². The minimum Gasteiger partial charge on any atom is -0.463 e. The molecule has 0 saturated carbocycles. The Bertz CT molecular complexity index is 1090. The van der Waals surface area contributed by atoms with Gasteiger partial charge in [0.15, 0.2) is 0 Å². The molecule has 0 spiro atoms. The van der Waals surface area contributed by atoms with E-state index >= 15 is 0 Å². The number of aliphatic hydroxyl groups is 1. The molecule has 2 aromatic rings. The van der Waals surface area contributed by atoms with Crippen LogP contribution in [0.25, 0.3) is 5.70 Å². The zero-order valence-corrected chi connectivity index (χ0v) is 25.0. The average Bonchev–Trinajstić information content (AvgIpc) is 3.45. The van der Waals surface area contributed by atoms with Crippen LogP contribution in [0.3, 0.4) is 0 Å². The van der Waals surface area contributed by atoms with Gasteiger partial charge in [0.05, 0.1) is 23.9 Å². The molecule has 1 aliphatic rings. The lowest BCUT2D eigenvalue weighted by Gasteiger charge is -2.43. The first kappa shape index (κ1) is 34.3. The molecule has 0 radical (unpaired) electrons. The topological polar surface area (TPSA) is 91.8 Å². The molecule has 2 N–H and O–H groups in total. The van der Waals surface area contributed by atoms with E-state index < -0.39 is 12.2 Å². The molecule has 39 heavy (non-hydrogen) atoms. The molecule has 1 aliphatic heterocycles. The zero-order valence-electron chi connectivity index (χ0n) is 22.6. The number of thiazole rings is 1. The fraction of sp³-hybridized carbons (Fsp3) is 0.393. The van der Waals surface area contributed by atoms with Crippen LogP contribution in [-0.4, -0.2) is 66.3 Å². The van der Waals surface area contributed by atoms with E-state index in [0.717, 1.165) is 28.7 Å². The summed E-state index contributed by atoms with van der Waals surface area (Å²) in [5.41, 5.74) is 1.99. The van der Waals surface area contributed by atoms with Crippen molar-refractivity contribution in [3.05, 3.63) is 80.6 Å². The monoisotopic (exact) mass is 627 g/mol. The number of nitrogens with zero attached hydrogens (tertiary/aromatic N) is 2. The van der Waals surface area contributed by atoms with Crippen molar-refractivity contribution in [1.82, 2.24) is 15.2 Å². The molecular weight excluding hydrogens is 592 g/mol. The molecule has 214 valence electrons. The molecule has 0 aliphatic carbocycles. The number of carbonyl (C=O) groups is 2. The largest absolute Gasteiger partial charge is 0.463 e. The summed E-state index contributed by atoms with van der Waals surface area (Å²) >= 11 is 4.62. The smallest absolute Gasteiger partial charge is 0.335 e. The summed E-state index contributed by atoms with van der Waals surface area (Å²) in [6.07, 6.45) is 7.46. The molecule has 3 rings (SSSR count). The minimum absolute atomic E-state index is 0.209. The number of nitrogens with one attached hydrogen (secondary N) is 1. The number of likely N-dealkylation sites (tertiary alicyclic amines) is 1. The Labute approximate surface area is 241 Å². The number of esters is 1. The zero-order chi connectivity index (χ0) is 29.2. The fourth-order valence-corrected chi connectivity index (χ4v) is 4.61. The number of aliphatic hydroxyl groups excluding tert-OH is 1. The first-order valence-electron chi connectivity index (χ1n) is 12.5. The Morgan fingerprint density at radius 2 is 2.08 bits per heavy atom. The number of allylic oxidation sites excluding steroid dienone is 2. The number of halogens is 3. The van der Waals surface area contributed by atoms with Crippen LogP contribution in [0, 0.1) is 5.82 Å². The standard InChI is InChI=1S/C21H28FN3O3S.C6H4BrF.CH4O/c1-4-8-17(20-23-10-12-29-20)24-18(15(5-2)21(27)28-6-3)14-25-13-16(22)19(25)9-7-11-26;7-5-2-1-3-6(8)4-5;1-2/h7-12,16,19,24H,4-6,13-14H2,1-3H3;1-4H;2H,1H3/b9-7+,17-8+,18-15+;;. The minimum atomic E-state index is -1.04. The second-order valence-corrected chi connectivity index (χ2v) is 9.73. The number of alkyl halides is 1. The van der Waals surface area contributed by atoms with E-state index in [1.807, 2.05) is 30.2 Å². The second kappa shape index (κ2) is 19.3. The van der Waals surface area contributed by atoms with Gasteiger partial charge in [-0.15, -0.1) is 11.3 Å². The molecule has 2 atom stereocenters. The van der Waals surface area contributed by atoms with E-state index in [9.17, 15) is 18.4 Å². The molecule has 2 unspecified atom stereocenters. The van der Waals surface area contributed by atoms with Crippen LogP contribution < -0.4 is 5.32 Å². The van der Waals surface area contributed by atoms with E-state index in [1.54, 1.807) is 31.3 Å². The fourth-order valence-electron chi connectivity index (χ4n) is 3.60. The summed E-state index contributed by atoms with van der Waals surface area (Å²) in [7, 11) is 1.00. The van der Waals surface area contributed by atoms with E-state index in [1.165, 1.54) is 29.5 Å². The van der Waals surface area contributed by atoms with Crippen molar-refractivity contribution in [2.45, 2.75) is 45.8 Å². The number of rotatable bonds is 11. The second-order valence-electron chi connectivity index (χ2n) is 7.92. The third kappa shape index (κ3) is 11.5. The molecule has 0 amide bonds. The number of aldehydes is 1. The summed E-state index contributed by atoms with van der Waals surface area (Å²) < 4.78 is 32.2. The normalized spacial score (nSPS) is 17.6. The molecule has 0 bridgehead atoms. The van der Waals surface area contributed by atoms with Crippen molar-refractivity contribution in [2.24, 2.45) is 0 Å². The van der Waals surface area contributed by atoms with Gasteiger partial charge in [0.1, 0.15) is 23.3 Å². The van der Waals surface area contributed by atoms with Gasteiger partial charge < -0.3 is 15.2 Å². The Kier molecular flexibility index (Phi) is 17.0. The summed E-state index contributed by atoms with van der Waals surface area (Å²) in [6, 6.07) is 5.77. The predicted octanol–water partition coefficient (Wildman–Crippen LogP) is 5.68. The lowest BCUT2D eigenvalue weighted by Crippen LogP contribution is -2.58. The van der Waals surface area contributed by atoms with Crippen LogP contribution >= 0.6 is 27.3 Å². The number of ether oxygens (including phenoxy) is 1. The van der Waals surface area contributed by atoms with Gasteiger partial charge in [-0.1, -0.05) is 48.0 Å². The number of carbonyl (C=O) groups excluding carboxylic acids is 2. The Morgan fingerprint density at radius 1 is 1.33 bits per heavy atom. The first-order valence-corrected chi connectivity index (χ1v) is 14.1. The van der Waals surface area contributed by atoms with Gasteiger partial charge in [-0.3, -0.25) is 9.69 Å². The van der Waals surface area contributed by atoms with Gasteiger partial charge in [-0.05, 0) is 44.0 Å². The Morgan fingerprint density at radius 3 is 2.56 bits per heavy atom. The summed E-state index contributed by atoms with van der Waals surface area (Å²) in [6.45, 7) is 6.53. The van der Waals surface area contributed by atoms with Gasteiger partial charge >= 0.3 is 5.97 Å². The van der Waals surface area contributed by atoms with Crippen LogP contribution in [0.4, 0.5) is 8.78 Å². The van der Waals surface area contributed by atoms with Crippen LogP contribution in [0.1, 0.15) is 38.6 Å². The van der Waals surface area contributed by atoms with E-state index in [2.05, 4.69) is 26.2 Å². The maximum Gasteiger partial charge on any atom is 0.335 e. The molecule has 1 aromatic carbocycles. The van der Waals surface area contributed by atoms with Gasteiger partial charge in [-0.2, -0.15) is 0 Å². The maximum atomic E-state index is 14.0. The SMILES string of the molecule is CC/C=C(/N/C(CN1CC(F)C1/C=C/C=O)=C(\CC)C(=O)OCC)c1nccs1.CO.Fc1cccc(Br)c1. The number of benzene rings is 1. The van der Waals surface area contributed by atoms with Crippen molar-refractivity contribution in [3.63, 3.8) is 0 Å². The van der Waals surface area contributed by atoms with Gasteiger partial charge in [-0.25, -0.2) is 18.6 Å². The first-order chi connectivity index (χ1) is 18.8. The molecule has 11 heteroatoms. The molecular formula is C28H36BrF2N3O4S. The molecule has 1 aromatic heterocycles. The Balaban J connectivity index is 0.000000641. The van der Waals surface area contributed by atoms with Gasteiger partial charge in [0.25, 0.3) is 0 Å². The highest BCUT2D eigenvalue weighted by Crippen LogP contribution is 2.26. The number of hydrogen-bond donors (Lipinski definition) is 2. The highest BCUT2D eigenvalue weighted by atomic mass is 79.9. The number of hydrogen-bond acceptors (Lipinski definition) is 8. The van der Waals surface area contributed by atoms with Crippen molar-refractivity contribution >= 4 is 45.2 Å². The van der Waals surface area contributed by atoms with E-state index in [0.29, 0.717) is 30.5 Å². The van der Waals surface area contributed by atoms with Gasteiger partial charge in [0, 0.05) is 41.9 Å². The maximum absolute atomic E-state index is 14.0. The lowest BCUT2D eigenvalue weighted by molar-refractivity contribution is -0.138. The Hall–Kier alpha value is -2.73. The highest BCUT2D eigenvalue weighted by molar-refractivity contribution is 9.10. The molecule has 7 nitrogen and oxygen atoms in total. The van der Waals surface area contributed by atoms with E-state index in [4.69, 9.17) is 9.84 Å². The van der Waals surface area contributed by atoms with Crippen LogP contribution in [0.15, 0.2) is 69.8 Å². The lowest BCUT2D eigenvalue weighted by atomic mass is 9.98. The van der Waals surface area contributed by atoms with Crippen LogP contribution in [0.5, 0.6) is 0 Å². The van der Waals surface area contributed by atoms with Gasteiger partial charge in [0.2, 0.25) is 0 Å².